The first-order chi connectivity index (χ1) is 14.3. The molecule has 2 heterocycles. The summed E-state index contributed by atoms with van der Waals surface area (Å²) in [6.45, 7) is 1.80. The van der Waals surface area contributed by atoms with Crippen LogP contribution in [0.5, 0.6) is 5.75 Å². The lowest BCUT2D eigenvalue weighted by Gasteiger charge is -2.24. The first kappa shape index (κ1) is 18.3. The molecule has 1 aliphatic carbocycles. The van der Waals surface area contributed by atoms with Crippen molar-refractivity contribution >= 4 is 0 Å². The third kappa shape index (κ3) is 4.03. The number of halogens is 1. The minimum Gasteiger partial charge on any atom is -0.487 e. The van der Waals surface area contributed by atoms with Crippen LogP contribution in [0.2, 0.25) is 0 Å². The van der Waals surface area contributed by atoms with Gasteiger partial charge in [-0.05, 0) is 68.5 Å². The Morgan fingerprint density at radius 1 is 1.03 bits per heavy atom. The summed E-state index contributed by atoms with van der Waals surface area (Å²) >= 11 is 0. The fourth-order valence-electron chi connectivity index (χ4n) is 4.01. The molecule has 0 radical (unpaired) electrons. The number of rotatable bonds is 6. The van der Waals surface area contributed by atoms with Crippen LogP contribution >= 0.6 is 0 Å². The molecule has 150 valence electrons. The number of benzene rings is 2. The molecule has 0 bridgehead atoms. The molecule has 5 rings (SSSR count). The van der Waals surface area contributed by atoms with Gasteiger partial charge in [0.2, 0.25) is 11.7 Å². The van der Waals surface area contributed by atoms with E-state index in [0.717, 1.165) is 38.8 Å². The minimum absolute atomic E-state index is 0.0542. The van der Waals surface area contributed by atoms with Crippen LogP contribution < -0.4 is 10.1 Å². The topological polar surface area (TPSA) is 60.2 Å². The van der Waals surface area contributed by atoms with Crippen LogP contribution in [0.3, 0.4) is 0 Å². The van der Waals surface area contributed by atoms with E-state index in [9.17, 15) is 4.39 Å². The standard InChI is InChI=1S/C23H24FN3O2/c24-19-14-17(8-9-20(19)28-18-10-12-25-13-11-18)22-26-23(29-27-22)21(16-6-7-16)15-4-2-1-3-5-15/h1-5,8-9,14,16,18,21,25H,6-7,10-13H2/t21-/m0/s1. The maximum atomic E-state index is 14.6. The molecule has 6 heteroatoms. The van der Waals surface area contributed by atoms with E-state index in [2.05, 4.69) is 27.6 Å². The Bertz CT molecular complexity index is 965. The van der Waals surface area contributed by atoms with Crippen LogP contribution in [0.25, 0.3) is 11.4 Å². The zero-order valence-corrected chi connectivity index (χ0v) is 16.2. The maximum Gasteiger partial charge on any atom is 0.234 e. The van der Waals surface area contributed by atoms with Crippen molar-refractivity contribution in [3.8, 4) is 17.1 Å². The SMILES string of the molecule is Fc1cc(-c2noc([C@@H](c3ccccc3)C3CC3)n2)ccc1OC1CCNCC1. The molecule has 2 aliphatic rings. The first-order valence-corrected chi connectivity index (χ1v) is 10.3. The molecule has 1 aromatic heterocycles. The Kier molecular flexibility index (Phi) is 5.02. The molecule has 1 atom stereocenters. The number of nitrogens with zero attached hydrogens (tertiary/aromatic N) is 2. The molecule has 1 N–H and O–H groups in total. The van der Waals surface area contributed by atoms with E-state index in [0.29, 0.717) is 23.2 Å². The van der Waals surface area contributed by atoms with Gasteiger partial charge in [0.05, 0.1) is 5.92 Å². The summed E-state index contributed by atoms with van der Waals surface area (Å²) in [5, 5.41) is 7.41. The second kappa shape index (κ2) is 7.95. The fourth-order valence-corrected chi connectivity index (χ4v) is 4.01. The fraction of sp³-hybridized carbons (Fsp3) is 0.391. The summed E-state index contributed by atoms with van der Waals surface area (Å²) in [4.78, 5) is 4.61. The average Bonchev–Trinajstić information content (AvgIpc) is 3.47. The van der Waals surface area contributed by atoms with E-state index in [1.807, 2.05) is 18.2 Å². The van der Waals surface area contributed by atoms with E-state index in [-0.39, 0.29) is 17.8 Å². The zero-order valence-electron chi connectivity index (χ0n) is 16.2. The minimum atomic E-state index is -0.394. The first-order valence-electron chi connectivity index (χ1n) is 10.3. The van der Waals surface area contributed by atoms with Crippen molar-refractivity contribution in [2.75, 3.05) is 13.1 Å². The smallest absolute Gasteiger partial charge is 0.234 e. The maximum absolute atomic E-state index is 14.6. The largest absolute Gasteiger partial charge is 0.487 e. The van der Waals surface area contributed by atoms with Crippen LogP contribution in [0.1, 0.15) is 43.1 Å². The van der Waals surface area contributed by atoms with Gasteiger partial charge in [-0.15, -0.1) is 0 Å². The van der Waals surface area contributed by atoms with Crippen molar-refractivity contribution in [2.24, 2.45) is 5.92 Å². The highest BCUT2D eigenvalue weighted by molar-refractivity contribution is 5.56. The molecule has 1 saturated carbocycles. The van der Waals surface area contributed by atoms with Crippen molar-refractivity contribution in [1.29, 1.82) is 0 Å². The van der Waals surface area contributed by atoms with Gasteiger partial charge in [-0.2, -0.15) is 4.98 Å². The Labute approximate surface area is 169 Å². The molecule has 1 saturated heterocycles. The predicted molar refractivity (Wildman–Crippen MR) is 107 cm³/mol. The lowest BCUT2D eigenvalue weighted by atomic mass is 9.94. The lowest BCUT2D eigenvalue weighted by Crippen LogP contribution is -2.34. The highest BCUT2D eigenvalue weighted by atomic mass is 19.1. The summed E-state index contributed by atoms with van der Waals surface area (Å²) in [5.41, 5.74) is 1.78. The molecular formula is C23H24FN3O2. The van der Waals surface area contributed by atoms with Crippen molar-refractivity contribution in [3.05, 3.63) is 65.8 Å². The summed E-state index contributed by atoms with van der Waals surface area (Å²) in [6.07, 6.45) is 4.15. The quantitative estimate of drug-likeness (QED) is 0.666. The van der Waals surface area contributed by atoms with Gasteiger partial charge in [-0.25, -0.2) is 4.39 Å². The summed E-state index contributed by atoms with van der Waals surface area (Å²) in [5.74, 6) is 1.53. The van der Waals surface area contributed by atoms with E-state index < -0.39 is 5.82 Å². The molecule has 29 heavy (non-hydrogen) atoms. The monoisotopic (exact) mass is 393 g/mol. The molecule has 0 spiro atoms. The second-order valence-corrected chi connectivity index (χ2v) is 7.89. The van der Waals surface area contributed by atoms with Gasteiger partial charge in [0, 0.05) is 5.56 Å². The Hall–Kier alpha value is -2.73. The Morgan fingerprint density at radius 2 is 1.83 bits per heavy atom. The van der Waals surface area contributed by atoms with Gasteiger partial charge >= 0.3 is 0 Å². The van der Waals surface area contributed by atoms with E-state index in [1.165, 1.54) is 11.6 Å². The molecule has 0 unspecified atom stereocenters. The second-order valence-electron chi connectivity index (χ2n) is 7.89. The molecule has 5 nitrogen and oxygen atoms in total. The van der Waals surface area contributed by atoms with Gasteiger partial charge in [-0.3, -0.25) is 0 Å². The van der Waals surface area contributed by atoms with Crippen molar-refractivity contribution in [2.45, 2.75) is 37.7 Å². The number of ether oxygens (including phenoxy) is 1. The number of nitrogens with one attached hydrogen (secondary N) is 1. The molecule has 0 amide bonds. The van der Waals surface area contributed by atoms with Crippen molar-refractivity contribution in [1.82, 2.24) is 15.5 Å². The van der Waals surface area contributed by atoms with Crippen LogP contribution in [0.4, 0.5) is 4.39 Å². The van der Waals surface area contributed by atoms with Gasteiger partial charge in [0.25, 0.3) is 0 Å². The Balaban J connectivity index is 1.36. The van der Waals surface area contributed by atoms with E-state index in [1.54, 1.807) is 12.1 Å². The van der Waals surface area contributed by atoms with Crippen LogP contribution in [0, 0.1) is 11.7 Å². The van der Waals surface area contributed by atoms with Crippen LogP contribution in [0.15, 0.2) is 53.1 Å². The van der Waals surface area contributed by atoms with Gasteiger partial charge in [0.1, 0.15) is 6.10 Å². The molecule has 1 aliphatic heterocycles. The van der Waals surface area contributed by atoms with Gasteiger partial charge in [-0.1, -0.05) is 35.5 Å². The number of piperidine rings is 1. The number of hydrogen-bond donors (Lipinski definition) is 1. The molecule has 2 fully saturated rings. The average molecular weight is 393 g/mol. The molecule has 2 aromatic carbocycles. The third-order valence-electron chi connectivity index (χ3n) is 5.73. The number of hydrogen-bond acceptors (Lipinski definition) is 5. The lowest BCUT2D eigenvalue weighted by molar-refractivity contribution is 0.156. The van der Waals surface area contributed by atoms with E-state index >= 15 is 0 Å². The van der Waals surface area contributed by atoms with Gasteiger partial charge in [0.15, 0.2) is 11.6 Å². The van der Waals surface area contributed by atoms with Gasteiger partial charge < -0.3 is 14.6 Å². The summed E-state index contributed by atoms with van der Waals surface area (Å²) < 4.78 is 26.1. The third-order valence-corrected chi connectivity index (χ3v) is 5.73. The highest BCUT2D eigenvalue weighted by Gasteiger charge is 2.37. The molecule has 3 aromatic rings. The Morgan fingerprint density at radius 3 is 2.55 bits per heavy atom. The zero-order chi connectivity index (χ0) is 19.6. The summed E-state index contributed by atoms with van der Waals surface area (Å²) in [6, 6.07) is 15.1. The highest BCUT2D eigenvalue weighted by Crippen LogP contribution is 2.46. The predicted octanol–water partition coefficient (Wildman–Crippen LogP) is 4.55. The molecular weight excluding hydrogens is 369 g/mol. The normalized spacial score (nSPS) is 18.5. The van der Waals surface area contributed by atoms with Crippen molar-refractivity contribution in [3.63, 3.8) is 0 Å². The van der Waals surface area contributed by atoms with Crippen molar-refractivity contribution < 1.29 is 13.7 Å². The summed E-state index contributed by atoms with van der Waals surface area (Å²) in [7, 11) is 0. The van der Waals surface area contributed by atoms with E-state index in [4.69, 9.17) is 9.26 Å². The van der Waals surface area contributed by atoms with Crippen LogP contribution in [-0.4, -0.2) is 29.3 Å². The van der Waals surface area contributed by atoms with Crippen LogP contribution in [-0.2, 0) is 0 Å². The number of aromatic nitrogens is 2.